The molecular weight excluding hydrogens is 338 g/mol. The van der Waals surface area contributed by atoms with Gasteiger partial charge < -0.3 is 4.57 Å². The van der Waals surface area contributed by atoms with Crippen LogP contribution in [-0.4, -0.2) is 4.57 Å². The van der Waals surface area contributed by atoms with E-state index in [1.54, 1.807) is 0 Å². The lowest BCUT2D eigenvalue weighted by Crippen LogP contribution is -1.92. The van der Waals surface area contributed by atoms with Crippen LogP contribution in [0.1, 0.15) is 12.5 Å². The van der Waals surface area contributed by atoms with Crippen LogP contribution in [0.5, 0.6) is 0 Å². The van der Waals surface area contributed by atoms with Gasteiger partial charge in [0.05, 0.1) is 11.0 Å². The second kappa shape index (κ2) is 6.54. The van der Waals surface area contributed by atoms with Gasteiger partial charge in [0, 0.05) is 16.5 Å². The molecule has 0 amide bonds. The highest BCUT2D eigenvalue weighted by Crippen LogP contribution is 2.34. The van der Waals surface area contributed by atoms with Crippen LogP contribution in [0.2, 0.25) is 0 Å². The molecule has 5 rings (SSSR count). The number of aromatic nitrogens is 1. The van der Waals surface area contributed by atoms with Crippen LogP contribution in [0.25, 0.3) is 44.2 Å². The molecule has 1 heteroatoms. The van der Waals surface area contributed by atoms with Gasteiger partial charge in [-0.05, 0) is 53.9 Å². The largest absolute Gasteiger partial charge is 0.309 e. The maximum Gasteiger partial charge on any atom is 0.0541 e. The Balaban J connectivity index is 1.75. The van der Waals surface area contributed by atoms with E-state index >= 15 is 0 Å². The minimum Gasteiger partial charge on any atom is -0.309 e. The molecule has 0 atom stereocenters. The highest BCUT2D eigenvalue weighted by Gasteiger charge is 2.12. The minimum absolute atomic E-state index is 1.09. The van der Waals surface area contributed by atoms with Crippen LogP contribution in [-0.2, 0) is 0 Å². The van der Waals surface area contributed by atoms with Crippen molar-refractivity contribution in [3.8, 4) is 16.8 Å². The average molecular weight is 359 g/mol. The lowest BCUT2D eigenvalue weighted by atomic mass is 10.00. The highest BCUT2D eigenvalue weighted by atomic mass is 15.0. The monoisotopic (exact) mass is 359 g/mol. The Hall–Kier alpha value is -3.58. The van der Waals surface area contributed by atoms with Crippen molar-refractivity contribution >= 4 is 27.4 Å². The lowest BCUT2D eigenvalue weighted by molar-refractivity contribution is 1.18. The van der Waals surface area contributed by atoms with Crippen molar-refractivity contribution < 1.29 is 0 Å². The van der Waals surface area contributed by atoms with E-state index in [9.17, 15) is 0 Å². The van der Waals surface area contributed by atoms with Gasteiger partial charge in [-0.15, -0.1) is 0 Å². The van der Waals surface area contributed by atoms with Crippen molar-refractivity contribution in [3.05, 3.63) is 109 Å². The van der Waals surface area contributed by atoms with Crippen molar-refractivity contribution in [2.45, 2.75) is 6.92 Å². The van der Waals surface area contributed by atoms with Gasteiger partial charge in [0.25, 0.3) is 0 Å². The molecule has 0 radical (unpaired) electrons. The molecule has 1 aromatic heterocycles. The molecule has 28 heavy (non-hydrogen) atoms. The first-order chi connectivity index (χ1) is 13.7. The molecule has 4 aromatic carbocycles. The number of allylic oxidation sites excluding steroid dienone is 1. The minimum atomic E-state index is 1.09. The van der Waals surface area contributed by atoms with Crippen molar-refractivity contribution in [2.24, 2.45) is 0 Å². The van der Waals surface area contributed by atoms with Gasteiger partial charge in [0.1, 0.15) is 0 Å². The summed E-state index contributed by atoms with van der Waals surface area (Å²) in [6.07, 6.45) is 0. The van der Waals surface area contributed by atoms with E-state index in [2.05, 4.69) is 108 Å². The maximum atomic E-state index is 4.03. The summed E-state index contributed by atoms with van der Waals surface area (Å²) in [5, 5.41) is 2.56. The summed E-state index contributed by atoms with van der Waals surface area (Å²) in [6, 6.07) is 34.6. The van der Waals surface area contributed by atoms with Crippen LogP contribution in [0.4, 0.5) is 0 Å². The van der Waals surface area contributed by atoms with Gasteiger partial charge in [0.2, 0.25) is 0 Å². The van der Waals surface area contributed by atoms with Crippen LogP contribution in [0.15, 0.2) is 104 Å². The molecule has 5 aromatic rings. The van der Waals surface area contributed by atoms with E-state index in [-0.39, 0.29) is 0 Å². The van der Waals surface area contributed by atoms with Crippen molar-refractivity contribution in [3.63, 3.8) is 0 Å². The molecule has 0 aliphatic rings. The molecule has 0 spiro atoms. The van der Waals surface area contributed by atoms with Crippen molar-refractivity contribution in [2.75, 3.05) is 0 Å². The summed E-state index contributed by atoms with van der Waals surface area (Å²) in [5.74, 6) is 0. The van der Waals surface area contributed by atoms with E-state index in [1.807, 2.05) is 6.92 Å². The normalized spacial score (nSPS) is 11.2. The summed E-state index contributed by atoms with van der Waals surface area (Å²) in [6.45, 7) is 6.07. The van der Waals surface area contributed by atoms with E-state index in [1.165, 1.54) is 44.2 Å². The Kier molecular flexibility index (Phi) is 3.87. The Labute approximate surface area is 165 Å². The number of nitrogens with zero attached hydrogens (tertiary/aromatic N) is 1. The fraction of sp³-hybridized carbons (Fsp3) is 0.0370. The molecule has 0 fully saturated rings. The first kappa shape index (κ1) is 16.6. The van der Waals surface area contributed by atoms with Crippen LogP contribution >= 0.6 is 0 Å². The fourth-order valence-corrected chi connectivity index (χ4v) is 3.95. The van der Waals surface area contributed by atoms with Gasteiger partial charge in [0.15, 0.2) is 0 Å². The molecule has 1 heterocycles. The maximum absolute atomic E-state index is 4.03. The molecule has 0 aliphatic heterocycles. The van der Waals surface area contributed by atoms with E-state index in [0.29, 0.717) is 0 Å². The van der Waals surface area contributed by atoms with Gasteiger partial charge in [-0.1, -0.05) is 78.9 Å². The number of hydrogen-bond donors (Lipinski definition) is 0. The zero-order valence-electron chi connectivity index (χ0n) is 15.9. The Morgan fingerprint density at radius 2 is 1.29 bits per heavy atom. The molecule has 0 saturated heterocycles. The molecule has 0 N–H and O–H groups in total. The summed E-state index contributed by atoms with van der Waals surface area (Å²) in [5.41, 5.74) is 8.39. The van der Waals surface area contributed by atoms with Crippen LogP contribution in [0, 0.1) is 0 Å². The molecule has 1 nitrogen and oxygen atoms in total. The molecule has 0 saturated carbocycles. The Morgan fingerprint density at radius 1 is 0.643 bits per heavy atom. The van der Waals surface area contributed by atoms with Crippen molar-refractivity contribution in [1.29, 1.82) is 0 Å². The average Bonchev–Trinajstić information content (AvgIpc) is 3.08. The molecule has 0 aliphatic carbocycles. The number of para-hydroxylation sites is 2. The summed E-state index contributed by atoms with van der Waals surface area (Å²) in [4.78, 5) is 0. The van der Waals surface area contributed by atoms with Crippen molar-refractivity contribution in [1.82, 2.24) is 4.57 Å². The van der Waals surface area contributed by atoms with Gasteiger partial charge in [-0.3, -0.25) is 0 Å². The van der Waals surface area contributed by atoms with E-state index < -0.39 is 0 Å². The predicted molar refractivity (Wildman–Crippen MR) is 121 cm³/mol. The molecule has 0 unspecified atom stereocenters. The fourth-order valence-electron chi connectivity index (χ4n) is 3.95. The number of hydrogen-bond acceptors (Lipinski definition) is 0. The molecule has 0 bridgehead atoms. The predicted octanol–water partition coefficient (Wildman–Crippen LogP) is 7.48. The first-order valence-corrected chi connectivity index (χ1v) is 9.57. The lowest BCUT2D eigenvalue weighted by Gasteiger charge is -2.08. The van der Waals surface area contributed by atoms with Gasteiger partial charge in [-0.25, -0.2) is 0 Å². The Morgan fingerprint density at radius 3 is 2.04 bits per heavy atom. The topological polar surface area (TPSA) is 4.93 Å². The second-order valence-corrected chi connectivity index (χ2v) is 7.28. The number of fused-ring (bicyclic) bond motifs is 3. The third-order valence-corrected chi connectivity index (χ3v) is 5.40. The first-order valence-electron chi connectivity index (χ1n) is 9.57. The zero-order chi connectivity index (χ0) is 19.1. The summed E-state index contributed by atoms with van der Waals surface area (Å²) < 4.78 is 2.35. The van der Waals surface area contributed by atoms with Crippen LogP contribution in [0.3, 0.4) is 0 Å². The van der Waals surface area contributed by atoms with Crippen LogP contribution < -0.4 is 0 Å². The van der Waals surface area contributed by atoms with E-state index in [4.69, 9.17) is 0 Å². The third kappa shape index (κ3) is 2.64. The smallest absolute Gasteiger partial charge is 0.0541 e. The zero-order valence-corrected chi connectivity index (χ0v) is 15.9. The highest BCUT2D eigenvalue weighted by molar-refractivity contribution is 6.10. The standard InChI is InChI=1S/C27H21N/c1-19(2)20-12-14-21(15-13-20)22-16-17-27-25(18-22)24-10-6-7-11-26(24)28(27)23-8-4-3-5-9-23/h3-18H,1H2,2H3. The molecular formula is C27H21N. The summed E-state index contributed by atoms with van der Waals surface area (Å²) in [7, 11) is 0. The second-order valence-electron chi connectivity index (χ2n) is 7.28. The van der Waals surface area contributed by atoms with Gasteiger partial charge in [-0.2, -0.15) is 0 Å². The Bertz CT molecular complexity index is 1310. The summed E-state index contributed by atoms with van der Waals surface area (Å²) >= 11 is 0. The SMILES string of the molecule is C=C(C)c1ccc(-c2ccc3c(c2)c2ccccc2n3-c2ccccc2)cc1. The third-order valence-electron chi connectivity index (χ3n) is 5.40. The van der Waals surface area contributed by atoms with Gasteiger partial charge >= 0.3 is 0 Å². The van der Waals surface area contributed by atoms with E-state index in [0.717, 1.165) is 5.57 Å². The quantitative estimate of drug-likeness (QED) is 0.314. The number of benzene rings is 4. The molecule has 134 valence electrons. The number of rotatable bonds is 3.